The maximum Gasteiger partial charge on any atom is 0.223 e. The number of benzene rings is 1. The van der Waals surface area contributed by atoms with Gasteiger partial charge in [0.05, 0.1) is 6.04 Å². The fraction of sp³-hybridized carbons (Fsp3) is 0.579. The molecule has 5 heteroatoms. The van der Waals surface area contributed by atoms with Gasteiger partial charge in [-0.2, -0.15) is 0 Å². The Morgan fingerprint density at radius 1 is 1.25 bits per heavy atom. The Labute approximate surface area is 142 Å². The Morgan fingerprint density at radius 3 is 2.75 bits per heavy atom. The normalized spacial score (nSPS) is 21.3. The number of hydrogen-bond donors (Lipinski definition) is 2. The highest BCUT2D eigenvalue weighted by Gasteiger charge is 2.27. The molecular formula is C19H25FN2O2. The van der Waals surface area contributed by atoms with Crippen LogP contribution in [0.4, 0.5) is 4.39 Å². The van der Waals surface area contributed by atoms with Crippen molar-refractivity contribution in [1.82, 2.24) is 10.6 Å². The van der Waals surface area contributed by atoms with Gasteiger partial charge in [-0.25, -0.2) is 4.39 Å². The summed E-state index contributed by atoms with van der Waals surface area (Å²) < 4.78 is 13.7. The molecule has 1 fully saturated rings. The van der Waals surface area contributed by atoms with Crippen molar-refractivity contribution in [1.29, 1.82) is 0 Å². The lowest BCUT2D eigenvalue weighted by atomic mass is 10.1. The van der Waals surface area contributed by atoms with Crippen molar-refractivity contribution >= 4 is 11.8 Å². The van der Waals surface area contributed by atoms with Crippen molar-refractivity contribution in [3.63, 3.8) is 0 Å². The van der Waals surface area contributed by atoms with E-state index in [9.17, 15) is 14.0 Å². The fourth-order valence-corrected chi connectivity index (χ4v) is 3.89. The molecule has 1 saturated carbocycles. The highest BCUT2D eigenvalue weighted by Crippen LogP contribution is 2.32. The predicted octanol–water partition coefficient (Wildman–Crippen LogP) is 3.01. The first-order valence-corrected chi connectivity index (χ1v) is 8.91. The largest absolute Gasteiger partial charge is 0.353 e. The summed E-state index contributed by atoms with van der Waals surface area (Å²) in [5, 5.41) is 5.93. The Balaban J connectivity index is 1.49. The number of carbonyl (C=O) groups is 2. The van der Waals surface area contributed by atoms with Gasteiger partial charge in [-0.05, 0) is 49.8 Å². The number of carbonyl (C=O) groups excluding carboxylic acids is 2. The molecule has 4 nitrogen and oxygen atoms in total. The second-order valence-electron chi connectivity index (χ2n) is 7.06. The van der Waals surface area contributed by atoms with Crippen molar-refractivity contribution in [3.8, 4) is 0 Å². The van der Waals surface area contributed by atoms with Crippen LogP contribution in [0.5, 0.6) is 0 Å². The smallest absolute Gasteiger partial charge is 0.223 e. The third kappa shape index (κ3) is 3.77. The first-order valence-electron chi connectivity index (χ1n) is 8.91. The van der Waals surface area contributed by atoms with Crippen LogP contribution in [0.25, 0.3) is 0 Å². The molecule has 0 radical (unpaired) electrons. The van der Waals surface area contributed by atoms with Crippen LogP contribution in [0, 0.1) is 11.7 Å². The number of amides is 2. The molecule has 2 N–H and O–H groups in total. The predicted molar refractivity (Wildman–Crippen MR) is 89.8 cm³/mol. The lowest BCUT2D eigenvalue weighted by Gasteiger charge is -2.19. The number of hydrogen-bond acceptors (Lipinski definition) is 2. The van der Waals surface area contributed by atoms with Crippen molar-refractivity contribution in [2.45, 2.75) is 64.0 Å². The summed E-state index contributed by atoms with van der Waals surface area (Å²) in [6.45, 7) is 1.86. The maximum atomic E-state index is 13.7. The van der Waals surface area contributed by atoms with E-state index in [1.54, 1.807) is 6.07 Å². The standard InChI is InChI=1S/C19H25FN2O2/c1-12(21-19(24)13-5-2-3-6-13)11-18(23)22-17-10-9-14-15(17)7-4-8-16(14)20/h4,7-8,12-13,17H,2-3,5-6,9-11H2,1H3,(H,21,24)(H,22,23)/t12-,17+/m1/s1. The summed E-state index contributed by atoms with van der Waals surface area (Å²) in [7, 11) is 0. The summed E-state index contributed by atoms with van der Waals surface area (Å²) in [6.07, 6.45) is 5.77. The molecule has 2 atom stereocenters. The summed E-state index contributed by atoms with van der Waals surface area (Å²) in [5.41, 5.74) is 1.59. The molecular weight excluding hydrogens is 307 g/mol. The molecule has 130 valence electrons. The molecule has 0 saturated heterocycles. The number of halogens is 1. The van der Waals surface area contributed by atoms with Crippen molar-refractivity contribution in [2.75, 3.05) is 0 Å². The zero-order valence-corrected chi connectivity index (χ0v) is 14.1. The van der Waals surface area contributed by atoms with Gasteiger partial charge in [0.25, 0.3) is 0 Å². The minimum absolute atomic E-state index is 0.0704. The first-order chi connectivity index (χ1) is 11.5. The molecule has 0 spiro atoms. The Morgan fingerprint density at radius 2 is 2.00 bits per heavy atom. The average molecular weight is 332 g/mol. The second kappa shape index (κ2) is 7.32. The van der Waals surface area contributed by atoms with Crippen molar-refractivity contribution in [3.05, 3.63) is 35.1 Å². The van der Waals surface area contributed by atoms with Gasteiger partial charge in [0, 0.05) is 18.4 Å². The van der Waals surface area contributed by atoms with E-state index < -0.39 is 0 Å². The fourth-order valence-electron chi connectivity index (χ4n) is 3.89. The summed E-state index contributed by atoms with van der Waals surface area (Å²) >= 11 is 0. The second-order valence-corrected chi connectivity index (χ2v) is 7.06. The van der Waals surface area contributed by atoms with Crippen LogP contribution in [-0.4, -0.2) is 17.9 Å². The van der Waals surface area contributed by atoms with E-state index in [1.165, 1.54) is 6.07 Å². The van der Waals surface area contributed by atoms with Gasteiger partial charge in [-0.1, -0.05) is 25.0 Å². The molecule has 0 unspecified atom stereocenters. The van der Waals surface area contributed by atoms with Crippen LogP contribution in [0.1, 0.15) is 62.6 Å². The van der Waals surface area contributed by atoms with Crippen LogP contribution >= 0.6 is 0 Å². The number of rotatable bonds is 5. The monoisotopic (exact) mass is 332 g/mol. The van der Waals surface area contributed by atoms with E-state index in [0.29, 0.717) is 12.0 Å². The van der Waals surface area contributed by atoms with Crippen LogP contribution in [0.2, 0.25) is 0 Å². The summed E-state index contributed by atoms with van der Waals surface area (Å²) in [4.78, 5) is 24.3. The maximum absolute atomic E-state index is 13.7. The lowest BCUT2D eigenvalue weighted by Crippen LogP contribution is -2.40. The van der Waals surface area contributed by atoms with Gasteiger partial charge in [0.15, 0.2) is 0 Å². The molecule has 24 heavy (non-hydrogen) atoms. The van der Waals surface area contributed by atoms with E-state index in [4.69, 9.17) is 0 Å². The van der Waals surface area contributed by atoms with Gasteiger partial charge in [0.2, 0.25) is 11.8 Å². The van der Waals surface area contributed by atoms with E-state index in [0.717, 1.165) is 37.7 Å². The van der Waals surface area contributed by atoms with Gasteiger partial charge >= 0.3 is 0 Å². The zero-order valence-electron chi connectivity index (χ0n) is 14.1. The molecule has 2 aliphatic rings. The highest BCUT2D eigenvalue weighted by molar-refractivity contribution is 5.81. The lowest BCUT2D eigenvalue weighted by molar-refractivity contribution is -0.126. The Bertz CT molecular complexity index is 626. The molecule has 2 amide bonds. The molecule has 0 aromatic heterocycles. The Kier molecular flexibility index (Phi) is 5.17. The van der Waals surface area contributed by atoms with E-state index in [1.807, 2.05) is 13.0 Å². The molecule has 3 rings (SSSR count). The van der Waals surface area contributed by atoms with Gasteiger partial charge in [-0.3, -0.25) is 9.59 Å². The van der Waals surface area contributed by atoms with E-state index in [-0.39, 0.29) is 42.1 Å². The molecule has 2 aliphatic carbocycles. The van der Waals surface area contributed by atoms with E-state index in [2.05, 4.69) is 10.6 Å². The summed E-state index contributed by atoms with van der Waals surface area (Å²) in [6, 6.07) is 4.71. The SMILES string of the molecule is C[C@H](CC(=O)N[C@H]1CCc2c(F)cccc21)NC(=O)C1CCCC1. The van der Waals surface area contributed by atoms with Crippen LogP contribution in [-0.2, 0) is 16.0 Å². The average Bonchev–Trinajstić information content (AvgIpc) is 3.18. The van der Waals surface area contributed by atoms with Crippen molar-refractivity contribution < 1.29 is 14.0 Å². The van der Waals surface area contributed by atoms with Gasteiger partial charge in [-0.15, -0.1) is 0 Å². The van der Waals surface area contributed by atoms with Gasteiger partial charge < -0.3 is 10.6 Å². The molecule has 1 aromatic rings. The molecule has 0 aliphatic heterocycles. The molecule has 0 heterocycles. The van der Waals surface area contributed by atoms with E-state index >= 15 is 0 Å². The minimum atomic E-state index is -0.193. The first kappa shape index (κ1) is 16.9. The summed E-state index contributed by atoms with van der Waals surface area (Å²) in [5.74, 6) is -0.112. The quantitative estimate of drug-likeness (QED) is 0.871. The van der Waals surface area contributed by atoms with Crippen LogP contribution < -0.4 is 10.6 Å². The van der Waals surface area contributed by atoms with Crippen LogP contribution in [0.3, 0.4) is 0 Å². The number of nitrogens with one attached hydrogen (secondary N) is 2. The van der Waals surface area contributed by atoms with Crippen LogP contribution in [0.15, 0.2) is 18.2 Å². The highest BCUT2D eigenvalue weighted by atomic mass is 19.1. The minimum Gasteiger partial charge on any atom is -0.353 e. The Hall–Kier alpha value is -1.91. The third-order valence-corrected chi connectivity index (χ3v) is 5.15. The third-order valence-electron chi connectivity index (χ3n) is 5.15. The number of fused-ring (bicyclic) bond motifs is 1. The van der Waals surface area contributed by atoms with Crippen molar-refractivity contribution in [2.24, 2.45) is 5.92 Å². The zero-order chi connectivity index (χ0) is 17.1. The molecule has 0 bridgehead atoms. The topological polar surface area (TPSA) is 58.2 Å². The molecule has 1 aromatic carbocycles. The van der Waals surface area contributed by atoms with Gasteiger partial charge in [0.1, 0.15) is 5.82 Å².